The molecule has 0 bridgehead atoms. The predicted octanol–water partition coefficient (Wildman–Crippen LogP) is 10.1. The van der Waals surface area contributed by atoms with Crippen molar-refractivity contribution in [1.29, 1.82) is 0 Å². The van der Waals surface area contributed by atoms with Gasteiger partial charge in [-0.1, -0.05) is 111 Å². The van der Waals surface area contributed by atoms with E-state index in [9.17, 15) is 0 Å². The molecule has 2 aliphatic heterocycles. The zero-order chi connectivity index (χ0) is 32.3. The van der Waals surface area contributed by atoms with E-state index in [1.54, 1.807) is 0 Å². The van der Waals surface area contributed by atoms with E-state index in [-0.39, 0.29) is 5.41 Å². The Balaban J connectivity index is 1.21. The van der Waals surface area contributed by atoms with Crippen molar-refractivity contribution in [2.24, 2.45) is 0 Å². The van der Waals surface area contributed by atoms with Gasteiger partial charge >= 0.3 is 0 Å². The number of para-hydroxylation sites is 1. The summed E-state index contributed by atoms with van der Waals surface area (Å²) in [6.07, 6.45) is 4.59. The second kappa shape index (κ2) is 11.1. The third kappa shape index (κ3) is 4.47. The minimum Gasteiger partial charge on any atom is -0.472 e. The van der Waals surface area contributed by atoms with E-state index in [0.29, 0.717) is 0 Å². The van der Waals surface area contributed by atoms with Crippen LogP contribution in [0.2, 0.25) is 0 Å². The summed E-state index contributed by atoms with van der Waals surface area (Å²) in [5, 5.41) is 2.35. The van der Waals surface area contributed by atoms with E-state index >= 15 is 0 Å². The molecule has 1 atom stereocenters. The van der Waals surface area contributed by atoms with Gasteiger partial charge < -0.3 is 19.1 Å². The van der Waals surface area contributed by atoms with E-state index in [4.69, 9.17) is 14.2 Å². The molecule has 2 heterocycles. The molecule has 9 rings (SSSR count). The Morgan fingerprint density at radius 3 is 2.02 bits per heavy atom. The highest BCUT2D eigenvalue weighted by molar-refractivity contribution is 6.08. The van der Waals surface area contributed by atoms with Crippen LogP contribution in [0, 0.1) is 0 Å². The summed E-state index contributed by atoms with van der Waals surface area (Å²) in [5.41, 5.74) is 8.77. The summed E-state index contributed by atoms with van der Waals surface area (Å²) in [6, 6.07) is 44.8. The molecule has 1 unspecified atom stereocenters. The lowest BCUT2D eigenvalue weighted by Crippen LogP contribution is -2.37. The number of hydrogen-bond donors (Lipinski definition) is 0. The van der Waals surface area contributed by atoms with Gasteiger partial charge in [-0.3, -0.25) is 0 Å². The highest BCUT2D eigenvalue weighted by Gasteiger charge is 2.44. The van der Waals surface area contributed by atoms with Gasteiger partial charge in [0.15, 0.2) is 5.60 Å². The van der Waals surface area contributed by atoms with Crippen molar-refractivity contribution in [3.8, 4) is 28.4 Å². The SMILES string of the molecule is CC1(C)c2ccccc2-c2c1c1c(c3ccccc23)OC(c2ccc(Oc3ccccc3)cc2)(c2ccc(N3CCOCC3)cc2)C=C1. The lowest BCUT2D eigenvalue weighted by atomic mass is 9.77. The first-order valence-electron chi connectivity index (χ1n) is 16.9. The number of ether oxygens (including phenoxy) is 3. The standard InChI is InChI=1S/C44H37NO3/c1-43(2)39-15-9-8-14-37(39)40-35-12-6-7-13-36(35)42-38(41(40)43)24-25-44(48-42,30-16-20-32(21-17-30)45-26-28-46-29-27-45)31-18-22-34(23-19-31)47-33-10-4-3-5-11-33/h3-25H,26-29H2,1-2H3. The van der Waals surface area contributed by atoms with Crippen LogP contribution in [0.3, 0.4) is 0 Å². The van der Waals surface area contributed by atoms with Crippen LogP contribution in [0.4, 0.5) is 5.69 Å². The number of hydrogen-bond acceptors (Lipinski definition) is 4. The van der Waals surface area contributed by atoms with Gasteiger partial charge in [-0.2, -0.15) is 0 Å². The first kappa shape index (κ1) is 28.9. The van der Waals surface area contributed by atoms with Crippen molar-refractivity contribution < 1.29 is 14.2 Å². The third-order valence-electron chi connectivity index (χ3n) is 10.4. The van der Waals surface area contributed by atoms with E-state index in [1.807, 2.05) is 42.5 Å². The van der Waals surface area contributed by atoms with Gasteiger partial charge in [0.25, 0.3) is 0 Å². The molecule has 0 N–H and O–H groups in total. The van der Waals surface area contributed by atoms with Crippen LogP contribution in [0.1, 0.15) is 41.7 Å². The summed E-state index contributed by atoms with van der Waals surface area (Å²) in [5.74, 6) is 2.52. The van der Waals surface area contributed by atoms with Crippen LogP contribution in [0.25, 0.3) is 28.0 Å². The quantitative estimate of drug-likeness (QED) is 0.190. The van der Waals surface area contributed by atoms with Crippen LogP contribution in [-0.4, -0.2) is 26.3 Å². The van der Waals surface area contributed by atoms with Crippen molar-refractivity contribution >= 4 is 22.5 Å². The van der Waals surface area contributed by atoms with E-state index in [2.05, 4.69) is 116 Å². The Morgan fingerprint density at radius 1 is 0.646 bits per heavy atom. The molecule has 0 spiro atoms. The maximum absolute atomic E-state index is 7.50. The van der Waals surface area contributed by atoms with Crippen LogP contribution in [0.15, 0.2) is 133 Å². The third-order valence-corrected chi connectivity index (χ3v) is 10.4. The fraction of sp³-hybridized carbons (Fsp3) is 0.182. The molecule has 1 fully saturated rings. The minimum atomic E-state index is -0.853. The van der Waals surface area contributed by atoms with E-state index in [1.165, 1.54) is 33.3 Å². The molecule has 0 aromatic heterocycles. The van der Waals surface area contributed by atoms with Crippen LogP contribution >= 0.6 is 0 Å². The lowest BCUT2D eigenvalue weighted by molar-refractivity contribution is 0.122. The van der Waals surface area contributed by atoms with Crippen LogP contribution < -0.4 is 14.4 Å². The molecule has 1 saturated heterocycles. The van der Waals surface area contributed by atoms with Crippen molar-refractivity contribution in [3.05, 3.63) is 161 Å². The van der Waals surface area contributed by atoms with Crippen molar-refractivity contribution in [2.45, 2.75) is 24.9 Å². The Morgan fingerprint density at radius 2 is 1.27 bits per heavy atom. The van der Waals surface area contributed by atoms with Gasteiger partial charge in [0.1, 0.15) is 17.2 Å². The van der Waals surface area contributed by atoms with E-state index < -0.39 is 5.60 Å². The fourth-order valence-electron chi connectivity index (χ4n) is 8.02. The number of fused-ring (bicyclic) bond motifs is 8. The Bertz CT molecular complexity index is 2180. The summed E-state index contributed by atoms with van der Waals surface area (Å²) in [4.78, 5) is 2.39. The monoisotopic (exact) mass is 627 g/mol. The number of nitrogens with zero attached hydrogens (tertiary/aromatic N) is 1. The van der Waals surface area contributed by atoms with Gasteiger partial charge in [0.05, 0.1) is 13.2 Å². The van der Waals surface area contributed by atoms with Gasteiger partial charge in [0, 0.05) is 46.3 Å². The minimum absolute atomic E-state index is 0.177. The van der Waals surface area contributed by atoms with Crippen molar-refractivity contribution in [3.63, 3.8) is 0 Å². The molecule has 48 heavy (non-hydrogen) atoms. The average Bonchev–Trinajstić information content (AvgIpc) is 3.39. The number of rotatable bonds is 5. The van der Waals surface area contributed by atoms with Gasteiger partial charge in [-0.15, -0.1) is 0 Å². The molecule has 0 amide bonds. The molecule has 4 nitrogen and oxygen atoms in total. The molecule has 4 heteroatoms. The lowest BCUT2D eigenvalue weighted by Gasteiger charge is -2.39. The Hall–Kier alpha value is -5.32. The molecular formula is C44H37NO3. The summed E-state index contributed by atoms with van der Waals surface area (Å²) >= 11 is 0. The Kier molecular flexibility index (Phi) is 6.70. The predicted molar refractivity (Wildman–Crippen MR) is 194 cm³/mol. The second-order valence-corrected chi connectivity index (χ2v) is 13.5. The topological polar surface area (TPSA) is 30.9 Å². The summed E-state index contributed by atoms with van der Waals surface area (Å²) < 4.78 is 19.3. The molecule has 1 aliphatic carbocycles. The van der Waals surface area contributed by atoms with Crippen LogP contribution in [-0.2, 0) is 15.8 Å². The Labute approximate surface area is 281 Å². The zero-order valence-electron chi connectivity index (χ0n) is 27.3. The largest absolute Gasteiger partial charge is 0.472 e. The normalized spacial score (nSPS) is 18.9. The molecule has 3 aliphatic rings. The molecule has 6 aromatic rings. The molecule has 6 aromatic carbocycles. The number of anilines is 1. The van der Waals surface area contributed by atoms with Gasteiger partial charge in [-0.05, 0) is 70.1 Å². The highest BCUT2D eigenvalue weighted by Crippen LogP contribution is 2.58. The van der Waals surface area contributed by atoms with Gasteiger partial charge in [-0.25, -0.2) is 0 Å². The fourth-order valence-corrected chi connectivity index (χ4v) is 8.02. The van der Waals surface area contributed by atoms with Crippen molar-refractivity contribution in [2.75, 3.05) is 31.2 Å². The first-order valence-corrected chi connectivity index (χ1v) is 16.9. The van der Waals surface area contributed by atoms with Gasteiger partial charge in [0.2, 0.25) is 0 Å². The zero-order valence-corrected chi connectivity index (χ0v) is 27.3. The maximum atomic E-state index is 7.50. The highest BCUT2D eigenvalue weighted by atomic mass is 16.5. The molecule has 236 valence electrons. The smallest absolute Gasteiger partial charge is 0.178 e. The van der Waals surface area contributed by atoms with E-state index in [0.717, 1.165) is 65.6 Å². The first-order chi connectivity index (χ1) is 23.5. The molecular weight excluding hydrogens is 590 g/mol. The van der Waals surface area contributed by atoms with Crippen molar-refractivity contribution in [1.82, 2.24) is 0 Å². The molecule has 0 saturated carbocycles. The molecule has 0 radical (unpaired) electrons. The van der Waals surface area contributed by atoms with Crippen LogP contribution in [0.5, 0.6) is 17.2 Å². The number of benzene rings is 6. The second-order valence-electron chi connectivity index (χ2n) is 13.5. The summed E-state index contributed by atoms with van der Waals surface area (Å²) in [6.45, 7) is 7.99. The average molecular weight is 628 g/mol. The summed E-state index contributed by atoms with van der Waals surface area (Å²) in [7, 11) is 0. The number of morpholine rings is 1. The maximum Gasteiger partial charge on any atom is 0.178 e.